The monoisotopic (exact) mass is 297 g/mol. The van der Waals surface area contributed by atoms with Gasteiger partial charge in [-0.25, -0.2) is 0 Å². The smallest absolute Gasteiger partial charge is 0.0175 e. The first kappa shape index (κ1) is 14.7. The molecule has 0 radical (unpaired) electrons. The summed E-state index contributed by atoms with van der Waals surface area (Å²) in [6.45, 7) is 6.66. The maximum absolute atomic E-state index is 3.48. The van der Waals surface area contributed by atoms with Crippen molar-refractivity contribution in [1.29, 1.82) is 0 Å². The Balaban J connectivity index is 2.48. The van der Waals surface area contributed by atoms with Gasteiger partial charge in [0.2, 0.25) is 0 Å². The first-order valence-electron chi connectivity index (χ1n) is 6.71. The Morgan fingerprint density at radius 2 is 1.88 bits per heavy atom. The molecule has 0 amide bonds. The summed E-state index contributed by atoms with van der Waals surface area (Å²) in [5, 5.41) is 3.48. The van der Waals surface area contributed by atoms with E-state index >= 15 is 0 Å². The van der Waals surface area contributed by atoms with Gasteiger partial charge in [0.15, 0.2) is 0 Å². The summed E-state index contributed by atoms with van der Waals surface area (Å²) in [4.78, 5) is 0. The van der Waals surface area contributed by atoms with Gasteiger partial charge in [-0.15, -0.1) is 0 Å². The summed E-state index contributed by atoms with van der Waals surface area (Å²) < 4.78 is 1.16. The zero-order chi connectivity index (χ0) is 12.5. The molecule has 0 saturated heterocycles. The Morgan fingerprint density at radius 3 is 2.47 bits per heavy atom. The van der Waals surface area contributed by atoms with Crippen LogP contribution in [0.25, 0.3) is 0 Å². The molecule has 17 heavy (non-hydrogen) atoms. The van der Waals surface area contributed by atoms with Crippen LogP contribution in [0.15, 0.2) is 28.7 Å². The Bertz CT molecular complexity index is 286. The van der Waals surface area contributed by atoms with Crippen LogP contribution in [0.2, 0.25) is 0 Å². The van der Waals surface area contributed by atoms with Crippen molar-refractivity contribution in [3.8, 4) is 0 Å². The van der Waals surface area contributed by atoms with Crippen molar-refractivity contribution in [2.24, 2.45) is 5.92 Å². The fourth-order valence-corrected chi connectivity index (χ4v) is 2.34. The minimum absolute atomic E-state index is 0.774. The average molecular weight is 298 g/mol. The quantitative estimate of drug-likeness (QED) is 0.749. The van der Waals surface area contributed by atoms with Crippen LogP contribution >= 0.6 is 15.9 Å². The molecule has 0 aliphatic rings. The van der Waals surface area contributed by atoms with E-state index in [1.165, 1.54) is 31.2 Å². The summed E-state index contributed by atoms with van der Waals surface area (Å²) in [6, 6.07) is 8.74. The maximum Gasteiger partial charge on any atom is 0.0175 e. The third kappa shape index (κ3) is 6.23. The highest BCUT2D eigenvalue weighted by atomic mass is 79.9. The van der Waals surface area contributed by atoms with Crippen molar-refractivity contribution >= 4 is 15.9 Å². The molecular formula is C15H24BrN. The van der Waals surface area contributed by atoms with Gasteiger partial charge >= 0.3 is 0 Å². The van der Waals surface area contributed by atoms with Gasteiger partial charge in [0.05, 0.1) is 0 Å². The Morgan fingerprint density at radius 1 is 1.18 bits per heavy atom. The van der Waals surface area contributed by atoms with Crippen LogP contribution in [-0.4, -0.2) is 13.1 Å². The summed E-state index contributed by atoms with van der Waals surface area (Å²) >= 11 is 3.48. The number of halogens is 1. The zero-order valence-electron chi connectivity index (χ0n) is 11.0. The molecule has 0 aromatic heterocycles. The van der Waals surface area contributed by atoms with Crippen LogP contribution in [0.5, 0.6) is 0 Å². The molecule has 0 saturated carbocycles. The molecule has 0 spiro atoms. The number of rotatable bonds is 8. The Kier molecular flexibility index (Phi) is 7.54. The van der Waals surface area contributed by atoms with E-state index < -0.39 is 0 Å². The van der Waals surface area contributed by atoms with Crippen LogP contribution in [0.1, 0.15) is 38.7 Å². The zero-order valence-corrected chi connectivity index (χ0v) is 12.6. The van der Waals surface area contributed by atoms with E-state index in [9.17, 15) is 0 Å². The molecule has 1 atom stereocenters. The van der Waals surface area contributed by atoms with E-state index in [4.69, 9.17) is 0 Å². The minimum Gasteiger partial charge on any atom is -0.317 e. The molecule has 1 aromatic rings. The van der Waals surface area contributed by atoms with Crippen molar-refractivity contribution in [3.63, 3.8) is 0 Å². The van der Waals surface area contributed by atoms with E-state index in [0.717, 1.165) is 23.5 Å². The molecule has 96 valence electrons. The van der Waals surface area contributed by atoms with Crippen molar-refractivity contribution in [3.05, 3.63) is 34.3 Å². The van der Waals surface area contributed by atoms with Gasteiger partial charge in [0.25, 0.3) is 0 Å². The van der Waals surface area contributed by atoms with Gasteiger partial charge in [-0.05, 0) is 49.5 Å². The van der Waals surface area contributed by atoms with E-state index in [1.54, 1.807) is 0 Å². The number of hydrogen-bond donors (Lipinski definition) is 1. The molecule has 1 N–H and O–H groups in total. The second-order valence-electron chi connectivity index (χ2n) is 4.65. The predicted molar refractivity (Wildman–Crippen MR) is 79.4 cm³/mol. The number of unbranched alkanes of at least 4 members (excludes halogenated alkanes) is 1. The lowest BCUT2D eigenvalue weighted by atomic mass is 9.94. The number of hydrogen-bond acceptors (Lipinski definition) is 1. The molecule has 1 nitrogen and oxygen atoms in total. The first-order chi connectivity index (χ1) is 8.26. The molecule has 0 heterocycles. The second-order valence-corrected chi connectivity index (χ2v) is 5.56. The standard InChI is InChI=1S/C15H24BrN/c1-3-5-6-14(12-17-4-2)11-13-7-9-15(16)10-8-13/h7-10,14,17H,3-6,11-12H2,1-2H3. The summed E-state index contributed by atoms with van der Waals surface area (Å²) in [5.41, 5.74) is 1.45. The predicted octanol–water partition coefficient (Wildman–Crippen LogP) is 4.41. The molecule has 0 aliphatic carbocycles. The first-order valence-corrected chi connectivity index (χ1v) is 7.50. The fraction of sp³-hybridized carbons (Fsp3) is 0.600. The van der Waals surface area contributed by atoms with Gasteiger partial charge < -0.3 is 5.32 Å². The lowest BCUT2D eigenvalue weighted by molar-refractivity contribution is 0.434. The van der Waals surface area contributed by atoms with Crippen molar-refractivity contribution in [2.75, 3.05) is 13.1 Å². The molecule has 0 aliphatic heterocycles. The summed E-state index contributed by atoms with van der Waals surface area (Å²) in [5.74, 6) is 0.774. The Hall–Kier alpha value is -0.340. The van der Waals surface area contributed by atoms with E-state index in [0.29, 0.717) is 0 Å². The molecule has 0 bridgehead atoms. The summed E-state index contributed by atoms with van der Waals surface area (Å²) in [7, 11) is 0. The maximum atomic E-state index is 3.48. The fourth-order valence-electron chi connectivity index (χ4n) is 2.07. The van der Waals surface area contributed by atoms with E-state index in [2.05, 4.69) is 59.4 Å². The molecule has 1 aromatic carbocycles. The van der Waals surface area contributed by atoms with Crippen LogP contribution in [-0.2, 0) is 6.42 Å². The average Bonchev–Trinajstić information content (AvgIpc) is 2.35. The normalized spacial score (nSPS) is 12.6. The van der Waals surface area contributed by atoms with Gasteiger partial charge in [0.1, 0.15) is 0 Å². The highest BCUT2D eigenvalue weighted by Gasteiger charge is 2.08. The Labute approximate surface area is 114 Å². The van der Waals surface area contributed by atoms with Gasteiger partial charge in [-0.1, -0.05) is 54.8 Å². The molecular weight excluding hydrogens is 274 g/mol. The lowest BCUT2D eigenvalue weighted by Gasteiger charge is -2.17. The van der Waals surface area contributed by atoms with Gasteiger partial charge in [-0.3, -0.25) is 0 Å². The second kappa shape index (κ2) is 8.71. The number of nitrogens with one attached hydrogen (secondary N) is 1. The van der Waals surface area contributed by atoms with Crippen LogP contribution < -0.4 is 5.32 Å². The van der Waals surface area contributed by atoms with Crippen molar-refractivity contribution in [2.45, 2.75) is 39.5 Å². The topological polar surface area (TPSA) is 12.0 Å². The van der Waals surface area contributed by atoms with Gasteiger partial charge in [0, 0.05) is 4.47 Å². The molecule has 0 fully saturated rings. The van der Waals surface area contributed by atoms with Crippen LogP contribution in [0, 0.1) is 5.92 Å². The third-order valence-corrected chi connectivity index (χ3v) is 3.62. The largest absolute Gasteiger partial charge is 0.317 e. The third-order valence-electron chi connectivity index (χ3n) is 3.09. The summed E-state index contributed by atoms with van der Waals surface area (Å²) in [6.07, 6.45) is 5.16. The highest BCUT2D eigenvalue weighted by Crippen LogP contribution is 2.17. The molecule has 1 unspecified atom stereocenters. The van der Waals surface area contributed by atoms with Gasteiger partial charge in [-0.2, -0.15) is 0 Å². The van der Waals surface area contributed by atoms with Crippen LogP contribution in [0.4, 0.5) is 0 Å². The number of benzene rings is 1. The van der Waals surface area contributed by atoms with Crippen molar-refractivity contribution < 1.29 is 0 Å². The van der Waals surface area contributed by atoms with E-state index in [-0.39, 0.29) is 0 Å². The lowest BCUT2D eigenvalue weighted by Crippen LogP contribution is -2.24. The minimum atomic E-state index is 0.774. The molecule has 2 heteroatoms. The van der Waals surface area contributed by atoms with Crippen molar-refractivity contribution in [1.82, 2.24) is 5.32 Å². The van der Waals surface area contributed by atoms with Crippen LogP contribution in [0.3, 0.4) is 0 Å². The van der Waals surface area contributed by atoms with E-state index in [1.807, 2.05) is 0 Å². The SMILES string of the molecule is CCCCC(CNCC)Cc1ccc(Br)cc1. The molecule has 1 rings (SSSR count). The highest BCUT2D eigenvalue weighted by molar-refractivity contribution is 9.10.